The maximum Gasteiger partial charge on any atom is 0.0642 e. The quantitative estimate of drug-likeness (QED) is 0.829. The lowest BCUT2D eigenvalue weighted by molar-refractivity contribution is 0.122. The van der Waals surface area contributed by atoms with Gasteiger partial charge >= 0.3 is 0 Å². The summed E-state index contributed by atoms with van der Waals surface area (Å²) in [7, 11) is 2.22. The van der Waals surface area contributed by atoms with Crippen molar-refractivity contribution in [2.24, 2.45) is 0 Å². The zero-order chi connectivity index (χ0) is 14.8. The van der Waals surface area contributed by atoms with E-state index < -0.39 is 0 Å². The van der Waals surface area contributed by atoms with Gasteiger partial charge < -0.3 is 14.5 Å². The molecule has 0 saturated carbocycles. The Morgan fingerprint density at radius 3 is 2.19 bits per heavy atom. The summed E-state index contributed by atoms with van der Waals surface area (Å²) >= 11 is 0. The third-order valence-electron chi connectivity index (χ3n) is 4.86. The number of morpholine rings is 1. The van der Waals surface area contributed by atoms with Crippen LogP contribution in [0.5, 0.6) is 0 Å². The van der Waals surface area contributed by atoms with Crippen molar-refractivity contribution in [1.82, 2.24) is 4.90 Å². The fourth-order valence-electron chi connectivity index (χ4n) is 3.34. The third-order valence-corrected chi connectivity index (χ3v) is 4.86. The predicted octanol–water partition coefficient (Wildman–Crippen LogP) is 2.05. The smallest absolute Gasteiger partial charge is 0.0642 e. The Bertz CT molecular complexity index is 456. The first-order valence-electron chi connectivity index (χ1n) is 8.05. The number of piperazine rings is 1. The molecule has 0 bridgehead atoms. The van der Waals surface area contributed by atoms with E-state index in [0.29, 0.717) is 12.1 Å². The summed E-state index contributed by atoms with van der Waals surface area (Å²) in [6.45, 7) is 10.5. The van der Waals surface area contributed by atoms with Gasteiger partial charge in [-0.2, -0.15) is 0 Å². The lowest BCUT2D eigenvalue weighted by atomic mass is 10.1. The normalized spacial score (nSPS) is 28.0. The monoisotopic (exact) mass is 289 g/mol. The molecule has 4 nitrogen and oxygen atoms in total. The van der Waals surface area contributed by atoms with Crippen LogP contribution < -0.4 is 9.80 Å². The maximum atomic E-state index is 5.42. The van der Waals surface area contributed by atoms with Gasteiger partial charge in [-0.25, -0.2) is 0 Å². The highest BCUT2D eigenvalue weighted by molar-refractivity contribution is 5.57. The van der Waals surface area contributed by atoms with Crippen LogP contribution in [0.3, 0.4) is 0 Å². The van der Waals surface area contributed by atoms with Gasteiger partial charge in [0, 0.05) is 49.6 Å². The van der Waals surface area contributed by atoms with E-state index in [1.807, 2.05) is 0 Å². The summed E-state index contributed by atoms with van der Waals surface area (Å²) < 4.78 is 5.42. The van der Waals surface area contributed by atoms with Crippen LogP contribution in [0.4, 0.5) is 11.4 Å². The van der Waals surface area contributed by atoms with Crippen molar-refractivity contribution < 1.29 is 4.74 Å². The number of benzene rings is 1. The average molecular weight is 289 g/mol. The first-order chi connectivity index (χ1) is 10.1. The largest absolute Gasteiger partial charge is 0.378 e. The molecule has 2 saturated heterocycles. The minimum absolute atomic E-state index is 0.570. The molecule has 0 aliphatic carbocycles. The molecular weight excluding hydrogens is 262 g/mol. The van der Waals surface area contributed by atoms with Gasteiger partial charge in [-0.1, -0.05) is 0 Å². The van der Waals surface area contributed by atoms with Crippen molar-refractivity contribution in [2.75, 3.05) is 56.2 Å². The molecule has 4 heteroatoms. The lowest BCUT2D eigenvalue weighted by Gasteiger charge is -2.44. The van der Waals surface area contributed by atoms with E-state index in [2.05, 4.69) is 59.9 Å². The predicted molar refractivity (Wildman–Crippen MR) is 88.4 cm³/mol. The number of hydrogen-bond donors (Lipinski definition) is 0. The molecule has 21 heavy (non-hydrogen) atoms. The van der Waals surface area contributed by atoms with Gasteiger partial charge in [0.2, 0.25) is 0 Å². The van der Waals surface area contributed by atoms with E-state index in [-0.39, 0.29) is 0 Å². The van der Waals surface area contributed by atoms with Gasteiger partial charge in [0.05, 0.1) is 13.2 Å². The van der Waals surface area contributed by atoms with Crippen LogP contribution in [-0.2, 0) is 4.74 Å². The van der Waals surface area contributed by atoms with Crippen molar-refractivity contribution in [2.45, 2.75) is 25.9 Å². The van der Waals surface area contributed by atoms with Crippen LogP contribution in [0.25, 0.3) is 0 Å². The minimum Gasteiger partial charge on any atom is -0.378 e. The second-order valence-corrected chi connectivity index (χ2v) is 6.41. The zero-order valence-electron chi connectivity index (χ0n) is 13.5. The molecule has 3 rings (SSSR count). The fourth-order valence-corrected chi connectivity index (χ4v) is 3.34. The standard InChI is InChI=1S/C17H27N3O/c1-14-13-20(15(2)12-18(14)3)17-6-4-16(5-7-17)19-8-10-21-11-9-19/h4-7,14-15H,8-13H2,1-3H3/t14-,15+/m0/s1. The van der Waals surface area contributed by atoms with Gasteiger partial charge in [0.15, 0.2) is 0 Å². The Morgan fingerprint density at radius 1 is 0.905 bits per heavy atom. The Kier molecular flexibility index (Phi) is 4.36. The highest BCUT2D eigenvalue weighted by Crippen LogP contribution is 2.25. The molecule has 0 radical (unpaired) electrons. The zero-order valence-corrected chi connectivity index (χ0v) is 13.5. The summed E-state index contributed by atoms with van der Waals surface area (Å²) in [6.07, 6.45) is 0. The molecule has 2 aliphatic rings. The molecule has 0 unspecified atom stereocenters. The van der Waals surface area contributed by atoms with Crippen LogP contribution in [0.2, 0.25) is 0 Å². The number of ether oxygens (including phenoxy) is 1. The van der Waals surface area contributed by atoms with E-state index in [0.717, 1.165) is 39.4 Å². The maximum absolute atomic E-state index is 5.42. The van der Waals surface area contributed by atoms with Crippen LogP contribution in [0, 0.1) is 0 Å². The molecule has 0 spiro atoms. The minimum atomic E-state index is 0.570. The van der Waals surface area contributed by atoms with Crippen molar-refractivity contribution in [3.05, 3.63) is 24.3 Å². The second-order valence-electron chi connectivity index (χ2n) is 6.41. The van der Waals surface area contributed by atoms with Crippen molar-refractivity contribution >= 4 is 11.4 Å². The molecule has 2 fully saturated rings. The van der Waals surface area contributed by atoms with E-state index in [9.17, 15) is 0 Å². The molecule has 0 aromatic heterocycles. The van der Waals surface area contributed by atoms with Crippen molar-refractivity contribution in [1.29, 1.82) is 0 Å². The topological polar surface area (TPSA) is 19.0 Å². The molecule has 2 atom stereocenters. The number of hydrogen-bond acceptors (Lipinski definition) is 4. The van der Waals surface area contributed by atoms with Gasteiger partial charge in [-0.3, -0.25) is 4.90 Å². The number of anilines is 2. The van der Waals surface area contributed by atoms with E-state index in [4.69, 9.17) is 4.74 Å². The summed E-state index contributed by atoms with van der Waals surface area (Å²) in [5, 5.41) is 0. The number of rotatable bonds is 2. The van der Waals surface area contributed by atoms with Gasteiger partial charge in [-0.05, 0) is 45.2 Å². The molecule has 0 amide bonds. The molecular formula is C17H27N3O. The Labute approximate surface area is 128 Å². The lowest BCUT2D eigenvalue weighted by Crippen LogP contribution is -2.55. The van der Waals surface area contributed by atoms with E-state index >= 15 is 0 Å². The summed E-state index contributed by atoms with van der Waals surface area (Å²) in [5.74, 6) is 0. The van der Waals surface area contributed by atoms with Gasteiger partial charge in [0.25, 0.3) is 0 Å². The third kappa shape index (κ3) is 3.16. The first-order valence-corrected chi connectivity index (χ1v) is 8.05. The summed E-state index contributed by atoms with van der Waals surface area (Å²) in [5.41, 5.74) is 2.66. The van der Waals surface area contributed by atoms with Crippen molar-refractivity contribution in [3.63, 3.8) is 0 Å². The average Bonchev–Trinajstić information content (AvgIpc) is 2.52. The van der Waals surface area contributed by atoms with Crippen LogP contribution >= 0.6 is 0 Å². The highest BCUT2D eigenvalue weighted by Gasteiger charge is 2.26. The Hall–Kier alpha value is -1.26. The first kappa shape index (κ1) is 14.7. The van der Waals surface area contributed by atoms with Crippen molar-refractivity contribution in [3.8, 4) is 0 Å². The molecule has 116 valence electrons. The van der Waals surface area contributed by atoms with Crippen LogP contribution in [-0.4, -0.2) is 63.4 Å². The molecule has 2 aliphatic heterocycles. The SMILES string of the molecule is C[C@@H]1CN(C)[C@@H](C)CN1c1ccc(N2CCOCC2)cc1. The highest BCUT2D eigenvalue weighted by atomic mass is 16.5. The Morgan fingerprint density at radius 2 is 1.52 bits per heavy atom. The molecule has 1 aromatic carbocycles. The van der Waals surface area contributed by atoms with E-state index in [1.165, 1.54) is 11.4 Å². The molecule has 1 aromatic rings. The van der Waals surface area contributed by atoms with Crippen LogP contribution in [0.15, 0.2) is 24.3 Å². The summed E-state index contributed by atoms with van der Waals surface area (Å²) in [4.78, 5) is 7.39. The van der Waals surface area contributed by atoms with Crippen LogP contribution in [0.1, 0.15) is 13.8 Å². The van der Waals surface area contributed by atoms with Gasteiger partial charge in [-0.15, -0.1) is 0 Å². The second kappa shape index (κ2) is 6.24. The van der Waals surface area contributed by atoms with E-state index in [1.54, 1.807) is 0 Å². The number of likely N-dealkylation sites (N-methyl/N-ethyl adjacent to an activating group) is 1. The van der Waals surface area contributed by atoms with Gasteiger partial charge in [0.1, 0.15) is 0 Å². The fraction of sp³-hybridized carbons (Fsp3) is 0.647. The molecule has 0 N–H and O–H groups in total. The Balaban J connectivity index is 1.71. The molecule has 2 heterocycles. The summed E-state index contributed by atoms with van der Waals surface area (Å²) in [6, 6.07) is 10.3. The number of nitrogens with zero attached hydrogens (tertiary/aromatic N) is 3.